The van der Waals surface area contributed by atoms with Crippen LogP contribution in [0.25, 0.3) is 0 Å². The molecule has 17 heavy (non-hydrogen) atoms. The molecule has 5 heteroatoms. The second kappa shape index (κ2) is 5.80. The number of carbonyl (C=O) groups excluding carboxylic acids is 1. The van der Waals surface area contributed by atoms with E-state index in [2.05, 4.69) is 0 Å². The number of piperidine rings is 1. The zero-order valence-electron chi connectivity index (χ0n) is 10.4. The normalized spacial score (nSPS) is 34.0. The number of nitrogens with two attached hydrogens (primary N) is 1. The van der Waals surface area contributed by atoms with Crippen LogP contribution in [0, 0.1) is 0 Å². The maximum absolute atomic E-state index is 12.3. The highest BCUT2D eigenvalue weighted by Gasteiger charge is 2.35. The first kappa shape index (κ1) is 12.8. The van der Waals surface area contributed by atoms with E-state index in [0.29, 0.717) is 13.2 Å². The monoisotopic (exact) mass is 242 g/mol. The third-order valence-electron chi connectivity index (χ3n) is 3.76. The Morgan fingerprint density at radius 1 is 1.53 bits per heavy atom. The van der Waals surface area contributed by atoms with Crippen LogP contribution in [0.5, 0.6) is 0 Å². The molecule has 0 aromatic heterocycles. The van der Waals surface area contributed by atoms with Crippen molar-refractivity contribution in [3.8, 4) is 0 Å². The van der Waals surface area contributed by atoms with Crippen LogP contribution in [0.2, 0.25) is 0 Å². The summed E-state index contributed by atoms with van der Waals surface area (Å²) in [7, 11) is 1.72. The summed E-state index contributed by atoms with van der Waals surface area (Å²) in [5.41, 5.74) is 5.76. The third-order valence-corrected chi connectivity index (χ3v) is 3.76. The van der Waals surface area contributed by atoms with Gasteiger partial charge >= 0.3 is 0 Å². The summed E-state index contributed by atoms with van der Waals surface area (Å²) in [5.74, 6) is 0.118. The van der Waals surface area contributed by atoms with Crippen LogP contribution in [-0.4, -0.2) is 55.9 Å². The van der Waals surface area contributed by atoms with E-state index in [4.69, 9.17) is 15.2 Å². The van der Waals surface area contributed by atoms with E-state index in [1.54, 1.807) is 7.11 Å². The molecule has 2 unspecified atom stereocenters. The molecular weight excluding hydrogens is 220 g/mol. The van der Waals surface area contributed by atoms with Gasteiger partial charge in [-0.15, -0.1) is 0 Å². The predicted molar refractivity (Wildman–Crippen MR) is 63.6 cm³/mol. The molecule has 0 aliphatic carbocycles. The number of carbonyl (C=O) groups is 1. The number of hydrogen-bond acceptors (Lipinski definition) is 4. The van der Waals surface area contributed by atoms with Gasteiger partial charge in [0, 0.05) is 32.8 Å². The standard InChI is InChI=1S/C12H22N2O3/c1-16-10-4-5-14(9(7-10)8-13)12(15)11-3-2-6-17-11/h9-11H,2-8,13H2,1H3/t9?,10?,11-/m0/s1. The average Bonchev–Trinajstić information content (AvgIpc) is 2.91. The van der Waals surface area contributed by atoms with E-state index in [0.717, 1.165) is 32.2 Å². The maximum atomic E-state index is 12.3. The molecule has 2 rings (SSSR count). The molecule has 0 radical (unpaired) electrons. The Bertz CT molecular complexity index is 266. The summed E-state index contributed by atoms with van der Waals surface area (Å²) in [6.07, 6.45) is 3.57. The van der Waals surface area contributed by atoms with Gasteiger partial charge in [-0.25, -0.2) is 0 Å². The highest BCUT2D eigenvalue weighted by Crippen LogP contribution is 2.23. The first-order valence-electron chi connectivity index (χ1n) is 6.41. The van der Waals surface area contributed by atoms with E-state index in [1.807, 2.05) is 4.90 Å². The van der Waals surface area contributed by atoms with Crippen LogP contribution in [-0.2, 0) is 14.3 Å². The van der Waals surface area contributed by atoms with E-state index < -0.39 is 0 Å². The van der Waals surface area contributed by atoms with Crippen molar-refractivity contribution in [3.05, 3.63) is 0 Å². The Balaban J connectivity index is 1.96. The molecular formula is C12H22N2O3. The Morgan fingerprint density at radius 2 is 2.35 bits per heavy atom. The summed E-state index contributed by atoms with van der Waals surface area (Å²) in [6.45, 7) is 1.94. The topological polar surface area (TPSA) is 64.8 Å². The Hall–Kier alpha value is -0.650. The minimum atomic E-state index is -0.233. The van der Waals surface area contributed by atoms with Crippen molar-refractivity contribution < 1.29 is 14.3 Å². The molecule has 0 aromatic carbocycles. The van der Waals surface area contributed by atoms with Gasteiger partial charge in [0.15, 0.2) is 0 Å². The van der Waals surface area contributed by atoms with Gasteiger partial charge < -0.3 is 20.1 Å². The van der Waals surface area contributed by atoms with E-state index in [1.165, 1.54) is 0 Å². The fourth-order valence-electron chi connectivity index (χ4n) is 2.70. The fraction of sp³-hybridized carbons (Fsp3) is 0.917. The van der Waals surface area contributed by atoms with Crippen molar-refractivity contribution in [2.45, 2.75) is 43.9 Å². The lowest BCUT2D eigenvalue weighted by Gasteiger charge is -2.39. The molecule has 1 amide bonds. The summed E-state index contributed by atoms with van der Waals surface area (Å²) < 4.78 is 10.8. The number of amides is 1. The lowest BCUT2D eigenvalue weighted by atomic mass is 9.98. The lowest BCUT2D eigenvalue weighted by molar-refractivity contribution is -0.146. The molecule has 3 atom stereocenters. The summed E-state index contributed by atoms with van der Waals surface area (Å²) in [4.78, 5) is 14.2. The quantitative estimate of drug-likeness (QED) is 0.764. The summed E-state index contributed by atoms with van der Waals surface area (Å²) in [6, 6.07) is 0.102. The van der Waals surface area contributed by atoms with Gasteiger partial charge in [-0.05, 0) is 25.7 Å². The smallest absolute Gasteiger partial charge is 0.251 e. The molecule has 0 spiro atoms. The second-order valence-electron chi connectivity index (χ2n) is 4.80. The first-order valence-corrected chi connectivity index (χ1v) is 6.41. The Kier molecular flexibility index (Phi) is 4.36. The number of rotatable bonds is 3. The van der Waals surface area contributed by atoms with Crippen molar-refractivity contribution in [2.75, 3.05) is 26.8 Å². The lowest BCUT2D eigenvalue weighted by Crippen LogP contribution is -2.53. The highest BCUT2D eigenvalue weighted by molar-refractivity contribution is 5.81. The van der Waals surface area contributed by atoms with Crippen LogP contribution in [0.4, 0.5) is 0 Å². The molecule has 0 bridgehead atoms. The van der Waals surface area contributed by atoms with Gasteiger partial charge in [0.1, 0.15) is 6.10 Å². The number of hydrogen-bond donors (Lipinski definition) is 1. The van der Waals surface area contributed by atoms with Crippen molar-refractivity contribution in [1.82, 2.24) is 4.90 Å². The molecule has 2 fully saturated rings. The molecule has 0 aromatic rings. The van der Waals surface area contributed by atoms with Crippen molar-refractivity contribution >= 4 is 5.91 Å². The molecule has 2 N–H and O–H groups in total. The van der Waals surface area contributed by atoms with Crippen LogP contribution in [0.1, 0.15) is 25.7 Å². The van der Waals surface area contributed by atoms with Gasteiger partial charge in [0.05, 0.1) is 6.10 Å². The third kappa shape index (κ3) is 2.78. The predicted octanol–water partition coefficient (Wildman–Crippen LogP) is 0.130. The molecule has 98 valence electrons. The first-order chi connectivity index (χ1) is 8.26. The molecule has 5 nitrogen and oxygen atoms in total. The van der Waals surface area contributed by atoms with E-state index in [9.17, 15) is 4.79 Å². The van der Waals surface area contributed by atoms with Gasteiger partial charge in [-0.3, -0.25) is 4.79 Å². The Morgan fingerprint density at radius 3 is 2.94 bits per heavy atom. The number of methoxy groups -OCH3 is 1. The van der Waals surface area contributed by atoms with E-state index in [-0.39, 0.29) is 24.2 Å². The molecule has 0 saturated carbocycles. The van der Waals surface area contributed by atoms with Crippen molar-refractivity contribution in [1.29, 1.82) is 0 Å². The van der Waals surface area contributed by atoms with Crippen molar-refractivity contribution in [2.24, 2.45) is 5.73 Å². The number of ether oxygens (including phenoxy) is 2. The van der Waals surface area contributed by atoms with Crippen molar-refractivity contribution in [3.63, 3.8) is 0 Å². The largest absolute Gasteiger partial charge is 0.381 e. The van der Waals surface area contributed by atoms with Gasteiger partial charge in [0.2, 0.25) is 0 Å². The molecule has 2 heterocycles. The van der Waals surface area contributed by atoms with Crippen LogP contribution < -0.4 is 5.73 Å². The van der Waals surface area contributed by atoms with Gasteiger partial charge in [0.25, 0.3) is 5.91 Å². The average molecular weight is 242 g/mol. The molecule has 2 aliphatic heterocycles. The van der Waals surface area contributed by atoms with Crippen LogP contribution in [0.15, 0.2) is 0 Å². The number of likely N-dealkylation sites (tertiary alicyclic amines) is 1. The highest BCUT2D eigenvalue weighted by atomic mass is 16.5. The van der Waals surface area contributed by atoms with Crippen LogP contribution >= 0.6 is 0 Å². The second-order valence-corrected chi connectivity index (χ2v) is 4.80. The van der Waals surface area contributed by atoms with Gasteiger partial charge in [-0.1, -0.05) is 0 Å². The minimum Gasteiger partial charge on any atom is -0.381 e. The summed E-state index contributed by atoms with van der Waals surface area (Å²) in [5, 5.41) is 0. The Labute approximate surface area is 102 Å². The van der Waals surface area contributed by atoms with E-state index >= 15 is 0 Å². The molecule has 2 aliphatic rings. The fourth-order valence-corrected chi connectivity index (χ4v) is 2.70. The SMILES string of the molecule is COC1CCN(C(=O)[C@@H]2CCCO2)C(CN)C1. The number of nitrogens with zero attached hydrogens (tertiary/aromatic N) is 1. The maximum Gasteiger partial charge on any atom is 0.251 e. The van der Waals surface area contributed by atoms with Crippen LogP contribution in [0.3, 0.4) is 0 Å². The zero-order chi connectivity index (χ0) is 12.3. The zero-order valence-corrected chi connectivity index (χ0v) is 10.4. The summed E-state index contributed by atoms with van der Waals surface area (Å²) >= 11 is 0. The minimum absolute atomic E-state index is 0.102. The van der Waals surface area contributed by atoms with Gasteiger partial charge in [-0.2, -0.15) is 0 Å². The molecule has 2 saturated heterocycles.